The van der Waals surface area contributed by atoms with Crippen molar-refractivity contribution in [3.63, 3.8) is 0 Å². The fourth-order valence-electron chi connectivity index (χ4n) is 1.79. The van der Waals surface area contributed by atoms with Gasteiger partial charge in [0.2, 0.25) is 0 Å². The summed E-state index contributed by atoms with van der Waals surface area (Å²) in [6.45, 7) is 0. The smallest absolute Gasteiger partial charge is 0.179 e. The van der Waals surface area contributed by atoms with Gasteiger partial charge in [-0.05, 0) is 5.56 Å². The van der Waals surface area contributed by atoms with Crippen LogP contribution in [0.5, 0.6) is 0 Å². The lowest BCUT2D eigenvalue weighted by Gasteiger charge is -2.09. The molecule has 0 saturated carbocycles. The Hall–Kier alpha value is -2.27. The van der Waals surface area contributed by atoms with E-state index in [0.29, 0.717) is 11.5 Å². The molecule has 0 saturated heterocycles. The number of fused-ring (bicyclic) bond motifs is 1. The van der Waals surface area contributed by atoms with Crippen molar-refractivity contribution in [2.24, 2.45) is 5.73 Å². The number of nitrogens with zero attached hydrogens (tertiary/aromatic N) is 4. The third-order valence-corrected chi connectivity index (χ3v) is 2.68. The standard InChI is InChI=1S/C12H11N5/c13-11(9-4-2-1-3-5-9)12-16-15-10-8-14-6-7-17(10)12/h1-8,11H,13H2. The van der Waals surface area contributed by atoms with E-state index in [1.807, 2.05) is 40.9 Å². The molecular weight excluding hydrogens is 214 g/mol. The minimum absolute atomic E-state index is 0.284. The maximum atomic E-state index is 6.18. The SMILES string of the molecule is NC(c1ccccc1)c1nnc2cnccn12. The summed E-state index contributed by atoms with van der Waals surface area (Å²) >= 11 is 0. The highest BCUT2D eigenvalue weighted by Gasteiger charge is 2.15. The molecule has 2 aromatic heterocycles. The number of benzene rings is 1. The van der Waals surface area contributed by atoms with Gasteiger partial charge in [0.15, 0.2) is 11.5 Å². The second-order valence-corrected chi connectivity index (χ2v) is 3.75. The van der Waals surface area contributed by atoms with Crippen molar-refractivity contribution in [3.8, 4) is 0 Å². The van der Waals surface area contributed by atoms with Crippen LogP contribution in [0.2, 0.25) is 0 Å². The summed E-state index contributed by atoms with van der Waals surface area (Å²) in [5.41, 5.74) is 7.90. The van der Waals surface area contributed by atoms with Crippen molar-refractivity contribution in [2.75, 3.05) is 0 Å². The van der Waals surface area contributed by atoms with Crippen LogP contribution < -0.4 is 5.73 Å². The first-order valence-electron chi connectivity index (χ1n) is 5.31. The Morgan fingerprint density at radius 1 is 1.12 bits per heavy atom. The Bertz CT molecular complexity index is 631. The van der Waals surface area contributed by atoms with E-state index < -0.39 is 0 Å². The predicted octanol–water partition coefficient (Wildman–Crippen LogP) is 1.17. The molecule has 0 amide bonds. The minimum Gasteiger partial charge on any atom is -0.318 e. The minimum atomic E-state index is -0.284. The number of hydrogen-bond donors (Lipinski definition) is 1. The molecule has 1 atom stereocenters. The summed E-state index contributed by atoms with van der Waals surface area (Å²) in [5.74, 6) is 0.716. The molecule has 0 spiro atoms. The predicted molar refractivity (Wildman–Crippen MR) is 63.3 cm³/mol. The molecule has 1 unspecified atom stereocenters. The molecule has 0 aliphatic heterocycles. The van der Waals surface area contributed by atoms with Gasteiger partial charge < -0.3 is 5.73 Å². The summed E-state index contributed by atoms with van der Waals surface area (Å²) in [5, 5.41) is 8.16. The largest absolute Gasteiger partial charge is 0.318 e. The zero-order valence-electron chi connectivity index (χ0n) is 9.06. The molecule has 0 bridgehead atoms. The van der Waals surface area contributed by atoms with Crippen molar-refractivity contribution in [3.05, 3.63) is 60.3 Å². The second kappa shape index (κ2) is 3.95. The number of nitrogens with two attached hydrogens (primary N) is 1. The molecule has 0 aliphatic carbocycles. The van der Waals surface area contributed by atoms with E-state index in [1.165, 1.54) is 0 Å². The first-order chi connectivity index (χ1) is 8.36. The third kappa shape index (κ3) is 1.66. The second-order valence-electron chi connectivity index (χ2n) is 3.75. The summed E-state index contributed by atoms with van der Waals surface area (Å²) in [4.78, 5) is 3.99. The van der Waals surface area contributed by atoms with E-state index >= 15 is 0 Å². The lowest BCUT2D eigenvalue weighted by molar-refractivity contribution is 0.765. The molecule has 1 aromatic carbocycles. The monoisotopic (exact) mass is 225 g/mol. The topological polar surface area (TPSA) is 69.1 Å². The Kier molecular flexibility index (Phi) is 2.31. The van der Waals surface area contributed by atoms with Gasteiger partial charge in [-0.3, -0.25) is 9.38 Å². The maximum Gasteiger partial charge on any atom is 0.179 e. The Labute approximate surface area is 97.9 Å². The first kappa shape index (κ1) is 9.92. The van der Waals surface area contributed by atoms with Crippen molar-refractivity contribution < 1.29 is 0 Å². The fraction of sp³-hybridized carbons (Fsp3) is 0.0833. The van der Waals surface area contributed by atoms with Gasteiger partial charge in [0.05, 0.1) is 12.2 Å². The summed E-state index contributed by atoms with van der Waals surface area (Å²) in [7, 11) is 0. The van der Waals surface area contributed by atoms with Crippen LogP contribution >= 0.6 is 0 Å². The normalized spacial score (nSPS) is 12.8. The molecule has 0 fully saturated rings. The third-order valence-electron chi connectivity index (χ3n) is 2.68. The molecule has 2 heterocycles. The van der Waals surface area contributed by atoms with Crippen LogP contribution in [-0.4, -0.2) is 19.6 Å². The molecule has 84 valence electrons. The van der Waals surface area contributed by atoms with E-state index in [9.17, 15) is 0 Å². The van der Waals surface area contributed by atoms with E-state index in [1.54, 1.807) is 12.4 Å². The van der Waals surface area contributed by atoms with Gasteiger partial charge >= 0.3 is 0 Å². The molecule has 17 heavy (non-hydrogen) atoms. The van der Waals surface area contributed by atoms with Crippen molar-refractivity contribution in [1.29, 1.82) is 0 Å². The Balaban J connectivity index is 2.10. The fourth-order valence-corrected chi connectivity index (χ4v) is 1.79. The van der Waals surface area contributed by atoms with Gasteiger partial charge in [-0.1, -0.05) is 30.3 Å². The van der Waals surface area contributed by atoms with Crippen LogP contribution in [0.4, 0.5) is 0 Å². The first-order valence-corrected chi connectivity index (χ1v) is 5.31. The quantitative estimate of drug-likeness (QED) is 0.710. The van der Waals surface area contributed by atoms with E-state index in [2.05, 4.69) is 15.2 Å². The number of aromatic nitrogens is 4. The van der Waals surface area contributed by atoms with E-state index in [-0.39, 0.29) is 6.04 Å². The van der Waals surface area contributed by atoms with Crippen LogP contribution in [0.3, 0.4) is 0 Å². The summed E-state index contributed by atoms with van der Waals surface area (Å²) in [6, 6.07) is 9.55. The molecular formula is C12H11N5. The van der Waals surface area contributed by atoms with Crippen LogP contribution in [0, 0.1) is 0 Å². The number of hydrogen-bond acceptors (Lipinski definition) is 4. The Morgan fingerprint density at radius 2 is 1.94 bits per heavy atom. The molecule has 3 aromatic rings. The van der Waals surface area contributed by atoms with Crippen LogP contribution in [-0.2, 0) is 0 Å². The molecule has 5 heteroatoms. The van der Waals surface area contributed by atoms with E-state index in [4.69, 9.17) is 5.73 Å². The van der Waals surface area contributed by atoms with Crippen LogP contribution in [0.15, 0.2) is 48.9 Å². The molecule has 2 N–H and O–H groups in total. The highest BCUT2D eigenvalue weighted by Crippen LogP contribution is 2.17. The highest BCUT2D eigenvalue weighted by molar-refractivity contribution is 5.36. The van der Waals surface area contributed by atoms with Crippen LogP contribution in [0.1, 0.15) is 17.4 Å². The average molecular weight is 225 g/mol. The zero-order valence-corrected chi connectivity index (χ0v) is 9.06. The lowest BCUT2D eigenvalue weighted by Crippen LogP contribution is -2.15. The molecule has 0 aliphatic rings. The van der Waals surface area contributed by atoms with Gasteiger partial charge in [-0.25, -0.2) is 0 Å². The van der Waals surface area contributed by atoms with E-state index in [0.717, 1.165) is 5.56 Å². The van der Waals surface area contributed by atoms with Gasteiger partial charge in [0.25, 0.3) is 0 Å². The van der Waals surface area contributed by atoms with Crippen molar-refractivity contribution in [2.45, 2.75) is 6.04 Å². The van der Waals surface area contributed by atoms with Crippen LogP contribution in [0.25, 0.3) is 5.65 Å². The highest BCUT2D eigenvalue weighted by atomic mass is 15.3. The van der Waals surface area contributed by atoms with Gasteiger partial charge in [0, 0.05) is 12.4 Å². The van der Waals surface area contributed by atoms with Gasteiger partial charge in [-0.2, -0.15) is 0 Å². The number of rotatable bonds is 2. The molecule has 3 rings (SSSR count). The summed E-state index contributed by atoms with van der Waals surface area (Å²) < 4.78 is 1.85. The van der Waals surface area contributed by atoms with Crippen molar-refractivity contribution in [1.82, 2.24) is 19.6 Å². The van der Waals surface area contributed by atoms with Gasteiger partial charge in [-0.15, -0.1) is 10.2 Å². The molecule has 5 nitrogen and oxygen atoms in total. The molecule has 0 radical (unpaired) electrons. The summed E-state index contributed by atoms with van der Waals surface area (Å²) in [6.07, 6.45) is 5.17. The van der Waals surface area contributed by atoms with Gasteiger partial charge in [0.1, 0.15) is 0 Å². The Morgan fingerprint density at radius 3 is 2.76 bits per heavy atom. The zero-order chi connectivity index (χ0) is 11.7. The maximum absolute atomic E-state index is 6.18. The lowest BCUT2D eigenvalue weighted by atomic mass is 10.1. The average Bonchev–Trinajstić information content (AvgIpc) is 2.83. The van der Waals surface area contributed by atoms with Crippen molar-refractivity contribution >= 4 is 5.65 Å².